The highest BCUT2D eigenvalue weighted by molar-refractivity contribution is 7.99. The number of nitrogens with zero attached hydrogens (tertiary/aromatic N) is 1. The molecule has 2 aromatic carbocycles. The van der Waals surface area contributed by atoms with Crippen molar-refractivity contribution in [3.8, 4) is 0 Å². The number of carbonyl (C=O) groups is 1. The Balaban J connectivity index is 1.68. The third-order valence-corrected chi connectivity index (χ3v) is 8.12. The molecule has 0 N–H and O–H groups in total. The van der Waals surface area contributed by atoms with Crippen molar-refractivity contribution in [2.45, 2.75) is 42.1 Å². The van der Waals surface area contributed by atoms with Crippen LogP contribution in [-0.4, -0.2) is 43.3 Å². The number of sulfone groups is 1. The molecule has 2 aromatic rings. The molecule has 0 spiro atoms. The van der Waals surface area contributed by atoms with E-state index in [4.69, 9.17) is 0 Å². The summed E-state index contributed by atoms with van der Waals surface area (Å²) in [6.07, 6.45) is 0.440. The maximum absolute atomic E-state index is 14.2. The Bertz CT molecular complexity index is 958. The molecular weight excluding hydrogens is 409 g/mol. The fraction of sp³-hybridized carbons (Fsp3) is 0.409. The van der Waals surface area contributed by atoms with E-state index < -0.39 is 20.9 Å². The van der Waals surface area contributed by atoms with Crippen molar-refractivity contribution in [1.82, 2.24) is 4.90 Å². The maximum atomic E-state index is 14.2. The van der Waals surface area contributed by atoms with Gasteiger partial charge in [0.2, 0.25) is 5.91 Å². The van der Waals surface area contributed by atoms with Gasteiger partial charge in [0.15, 0.2) is 9.84 Å². The summed E-state index contributed by atoms with van der Waals surface area (Å²) in [6, 6.07) is 13.9. The number of carbonyl (C=O) groups excluding carboxylic acids is 1. The van der Waals surface area contributed by atoms with Crippen LogP contribution in [0.2, 0.25) is 0 Å². The lowest BCUT2D eigenvalue weighted by Crippen LogP contribution is -2.34. The van der Waals surface area contributed by atoms with Gasteiger partial charge in [-0.15, -0.1) is 11.8 Å². The highest BCUT2D eigenvalue weighted by Gasteiger charge is 2.34. The van der Waals surface area contributed by atoms with E-state index in [9.17, 15) is 17.6 Å². The van der Waals surface area contributed by atoms with Crippen molar-refractivity contribution in [2.24, 2.45) is 0 Å². The smallest absolute Gasteiger partial charge is 0.227 e. The summed E-state index contributed by atoms with van der Waals surface area (Å²) in [5, 5.41) is -0.419. The van der Waals surface area contributed by atoms with Crippen molar-refractivity contribution in [2.75, 3.05) is 18.8 Å². The highest BCUT2D eigenvalue weighted by atomic mass is 32.2. The van der Waals surface area contributed by atoms with Gasteiger partial charge in [0.25, 0.3) is 0 Å². The molecule has 1 unspecified atom stereocenters. The fourth-order valence-electron chi connectivity index (χ4n) is 3.52. The number of rotatable bonds is 5. The molecule has 0 radical (unpaired) electrons. The third-order valence-electron chi connectivity index (χ3n) is 5.00. The summed E-state index contributed by atoms with van der Waals surface area (Å²) in [7, 11) is -3.53. The van der Waals surface area contributed by atoms with E-state index in [1.807, 2.05) is 24.3 Å². The minimum absolute atomic E-state index is 0.0985. The zero-order chi connectivity index (χ0) is 21.0. The van der Waals surface area contributed by atoms with Crippen molar-refractivity contribution in [1.29, 1.82) is 0 Å². The SMILES string of the molecule is CC(C)Sc1ccc(CC(=O)N2CCC(c3ccccc3F)S(=O)(=O)CC2)cc1. The standard InChI is InChI=1S/C22H26FNO3S2/c1-16(2)28-18-9-7-17(8-10-18)15-22(25)24-12-11-21(29(26,27)14-13-24)19-5-3-4-6-20(19)23/h3-10,16,21H,11-15H2,1-2H3. The maximum Gasteiger partial charge on any atom is 0.227 e. The summed E-state index contributed by atoms with van der Waals surface area (Å²) in [6.45, 7) is 4.71. The van der Waals surface area contributed by atoms with Crippen molar-refractivity contribution in [3.63, 3.8) is 0 Å². The second-order valence-electron chi connectivity index (χ2n) is 7.53. The van der Waals surface area contributed by atoms with E-state index in [0.717, 1.165) is 10.5 Å². The molecule has 4 nitrogen and oxygen atoms in total. The topological polar surface area (TPSA) is 54.5 Å². The van der Waals surface area contributed by atoms with Gasteiger partial charge >= 0.3 is 0 Å². The summed E-state index contributed by atoms with van der Waals surface area (Å²) in [5.74, 6) is -0.763. The van der Waals surface area contributed by atoms with Gasteiger partial charge < -0.3 is 4.90 Å². The van der Waals surface area contributed by atoms with Crippen molar-refractivity contribution >= 4 is 27.5 Å². The van der Waals surface area contributed by atoms with Gasteiger partial charge in [-0.25, -0.2) is 12.8 Å². The van der Waals surface area contributed by atoms with E-state index in [0.29, 0.717) is 11.8 Å². The molecule has 0 saturated carbocycles. The lowest BCUT2D eigenvalue weighted by Gasteiger charge is -2.20. The van der Waals surface area contributed by atoms with Gasteiger partial charge in [-0.2, -0.15) is 0 Å². The second kappa shape index (κ2) is 9.30. The van der Waals surface area contributed by atoms with Crippen LogP contribution >= 0.6 is 11.8 Å². The largest absolute Gasteiger partial charge is 0.341 e. The number of hydrogen-bond acceptors (Lipinski definition) is 4. The summed E-state index contributed by atoms with van der Waals surface area (Å²) in [4.78, 5) is 15.5. The first kappa shape index (κ1) is 21.8. The quantitative estimate of drug-likeness (QED) is 0.659. The number of benzene rings is 2. The zero-order valence-corrected chi connectivity index (χ0v) is 18.3. The molecule has 0 aromatic heterocycles. The number of amides is 1. The fourth-order valence-corrected chi connectivity index (χ4v) is 6.16. The minimum atomic E-state index is -3.53. The van der Waals surface area contributed by atoms with Crippen LogP contribution in [0.15, 0.2) is 53.4 Å². The molecule has 1 aliphatic rings. The predicted octanol–water partition coefficient (Wildman–Crippen LogP) is 4.26. The first-order chi connectivity index (χ1) is 13.8. The number of thioether (sulfide) groups is 1. The average molecular weight is 436 g/mol. The normalized spacial score (nSPS) is 19.2. The third kappa shape index (κ3) is 5.60. The molecular formula is C22H26FNO3S2. The molecule has 29 heavy (non-hydrogen) atoms. The van der Waals surface area contributed by atoms with Gasteiger partial charge in [-0.3, -0.25) is 4.79 Å². The van der Waals surface area contributed by atoms with Gasteiger partial charge in [-0.05, 0) is 30.2 Å². The first-order valence-electron chi connectivity index (χ1n) is 9.75. The van der Waals surface area contributed by atoms with Gasteiger partial charge in [0.05, 0.1) is 17.4 Å². The number of hydrogen-bond donors (Lipinski definition) is 0. The monoisotopic (exact) mass is 435 g/mol. The number of halogens is 1. The lowest BCUT2D eigenvalue weighted by atomic mass is 10.1. The van der Waals surface area contributed by atoms with Crippen LogP contribution in [0.1, 0.15) is 36.6 Å². The molecule has 1 atom stereocenters. The van der Waals surface area contributed by atoms with E-state index in [1.54, 1.807) is 28.8 Å². The highest BCUT2D eigenvalue weighted by Crippen LogP contribution is 2.31. The second-order valence-corrected chi connectivity index (χ2v) is 11.5. The Kier molecular flexibility index (Phi) is 7.01. The molecule has 1 saturated heterocycles. The van der Waals surface area contributed by atoms with Crippen LogP contribution < -0.4 is 0 Å². The van der Waals surface area contributed by atoms with Gasteiger partial charge in [-0.1, -0.05) is 44.2 Å². The molecule has 1 fully saturated rings. The zero-order valence-electron chi connectivity index (χ0n) is 16.7. The Hall–Kier alpha value is -1.86. The molecule has 3 rings (SSSR count). The molecule has 156 valence electrons. The molecule has 0 bridgehead atoms. The van der Waals surface area contributed by atoms with Crippen LogP contribution in [-0.2, 0) is 21.1 Å². The summed E-state index contributed by atoms with van der Waals surface area (Å²) in [5.41, 5.74) is 1.10. The van der Waals surface area contributed by atoms with E-state index in [1.165, 1.54) is 12.1 Å². The van der Waals surface area contributed by atoms with Gasteiger partial charge in [0, 0.05) is 28.8 Å². The minimum Gasteiger partial charge on any atom is -0.341 e. The molecule has 1 aliphatic heterocycles. The summed E-state index contributed by atoms with van der Waals surface area (Å²) < 4.78 is 39.6. The molecule has 1 heterocycles. The van der Waals surface area contributed by atoms with E-state index in [2.05, 4.69) is 13.8 Å². The average Bonchev–Trinajstić information content (AvgIpc) is 2.81. The Labute approximate surface area is 176 Å². The first-order valence-corrected chi connectivity index (χ1v) is 12.3. The van der Waals surface area contributed by atoms with Crippen LogP contribution in [0.25, 0.3) is 0 Å². The van der Waals surface area contributed by atoms with Crippen LogP contribution in [0.4, 0.5) is 4.39 Å². The van der Waals surface area contributed by atoms with Crippen LogP contribution in [0.3, 0.4) is 0 Å². The Morgan fingerprint density at radius 2 is 1.83 bits per heavy atom. The van der Waals surface area contributed by atoms with Crippen LogP contribution in [0.5, 0.6) is 0 Å². The van der Waals surface area contributed by atoms with E-state index in [-0.39, 0.29) is 36.6 Å². The predicted molar refractivity (Wildman–Crippen MR) is 115 cm³/mol. The molecule has 0 aliphatic carbocycles. The van der Waals surface area contributed by atoms with Gasteiger partial charge in [0.1, 0.15) is 5.82 Å². The van der Waals surface area contributed by atoms with Crippen LogP contribution in [0, 0.1) is 5.82 Å². The Morgan fingerprint density at radius 3 is 2.48 bits per heavy atom. The molecule has 1 amide bonds. The Morgan fingerprint density at radius 1 is 1.14 bits per heavy atom. The summed E-state index contributed by atoms with van der Waals surface area (Å²) >= 11 is 1.76. The lowest BCUT2D eigenvalue weighted by molar-refractivity contribution is -0.130. The van der Waals surface area contributed by atoms with E-state index >= 15 is 0 Å². The van der Waals surface area contributed by atoms with Crippen molar-refractivity contribution < 1.29 is 17.6 Å². The van der Waals surface area contributed by atoms with Crippen molar-refractivity contribution in [3.05, 3.63) is 65.5 Å². The molecule has 7 heteroatoms.